The molecule has 0 radical (unpaired) electrons. The first-order chi connectivity index (χ1) is 7.34. The summed E-state index contributed by atoms with van der Waals surface area (Å²) >= 11 is 0. The normalized spacial score (nSPS) is 30.0. The lowest BCUT2D eigenvalue weighted by molar-refractivity contribution is -0.0560. The van der Waals surface area contributed by atoms with Crippen molar-refractivity contribution in [3.05, 3.63) is 0 Å². The Morgan fingerprint density at radius 3 is 2.20 bits per heavy atom. The maximum absolute atomic E-state index is 9.91. The molecule has 0 spiro atoms. The van der Waals surface area contributed by atoms with E-state index in [1.54, 1.807) is 0 Å². The fourth-order valence-electron chi connectivity index (χ4n) is 2.18. The number of hydrogen-bond acceptors (Lipinski definition) is 3. The molecule has 90 valence electrons. The summed E-state index contributed by atoms with van der Waals surface area (Å²) in [6, 6.07) is 0. The van der Waals surface area contributed by atoms with Gasteiger partial charge in [0, 0.05) is 0 Å². The number of aliphatic hydroxyl groups is 2. The highest BCUT2D eigenvalue weighted by Gasteiger charge is 2.19. The minimum Gasteiger partial charge on any atom is -0.394 e. The van der Waals surface area contributed by atoms with Crippen LogP contribution in [0.2, 0.25) is 0 Å². The molecular formula is C12H24O3. The number of hydrogen-bond donors (Lipinski definition) is 2. The summed E-state index contributed by atoms with van der Waals surface area (Å²) in [6.45, 7) is 0.394. The Labute approximate surface area is 92.4 Å². The van der Waals surface area contributed by atoms with E-state index in [1.165, 1.54) is 25.7 Å². The molecule has 1 saturated carbocycles. The average Bonchev–Trinajstić information content (AvgIpc) is 2.26. The van der Waals surface area contributed by atoms with E-state index >= 15 is 0 Å². The van der Waals surface area contributed by atoms with Crippen molar-refractivity contribution in [2.45, 2.75) is 63.6 Å². The smallest absolute Gasteiger partial charge is 0.0835 e. The van der Waals surface area contributed by atoms with Crippen LogP contribution in [0.25, 0.3) is 0 Å². The largest absolute Gasteiger partial charge is 0.394 e. The maximum atomic E-state index is 9.91. The average molecular weight is 216 g/mol. The van der Waals surface area contributed by atoms with Gasteiger partial charge in [0.2, 0.25) is 0 Å². The SMILES string of the molecule is OCCOC1CCCCCCCCC1O. The zero-order valence-electron chi connectivity index (χ0n) is 9.53. The predicted octanol–water partition coefficient (Wildman–Crippen LogP) is 1.86. The Bertz CT molecular complexity index is 150. The van der Waals surface area contributed by atoms with Gasteiger partial charge in [-0.25, -0.2) is 0 Å². The molecule has 0 saturated heterocycles. The van der Waals surface area contributed by atoms with Crippen LogP contribution in [0.15, 0.2) is 0 Å². The number of ether oxygens (including phenoxy) is 1. The summed E-state index contributed by atoms with van der Waals surface area (Å²) in [7, 11) is 0. The van der Waals surface area contributed by atoms with Crippen molar-refractivity contribution in [1.82, 2.24) is 0 Å². The van der Waals surface area contributed by atoms with Crippen LogP contribution in [0, 0.1) is 0 Å². The highest BCUT2D eigenvalue weighted by molar-refractivity contribution is 4.71. The Balaban J connectivity index is 2.32. The van der Waals surface area contributed by atoms with Crippen molar-refractivity contribution in [1.29, 1.82) is 0 Å². The van der Waals surface area contributed by atoms with Crippen LogP contribution in [0.4, 0.5) is 0 Å². The van der Waals surface area contributed by atoms with Crippen molar-refractivity contribution in [3.63, 3.8) is 0 Å². The van der Waals surface area contributed by atoms with Crippen LogP contribution >= 0.6 is 0 Å². The Hall–Kier alpha value is -0.120. The van der Waals surface area contributed by atoms with Crippen molar-refractivity contribution in [3.8, 4) is 0 Å². The minimum absolute atomic E-state index is 0.0449. The van der Waals surface area contributed by atoms with Crippen LogP contribution in [-0.4, -0.2) is 35.6 Å². The number of rotatable bonds is 3. The van der Waals surface area contributed by atoms with E-state index in [0.29, 0.717) is 6.61 Å². The van der Waals surface area contributed by atoms with Gasteiger partial charge in [-0.1, -0.05) is 38.5 Å². The molecule has 2 unspecified atom stereocenters. The fraction of sp³-hybridized carbons (Fsp3) is 1.00. The Kier molecular flexibility index (Phi) is 6.98. The molecule has 0 aliphatic heterocycles. The van der Waals surface area contributed by atoms with Gasteiger partial charge in [0.15, 0.2) is 0 Å². The quantitative estimate of drug-likeness (QED) is 0.757. The van der Waals surface area contributed by atoms with E-state index in [-0.39, 0.29) is 18.8 Å². The summed E-state index contributed by atoms with van der Waals surface area (Å²) in [5.74, 6) is 0. The van der Waals surface area contributed by atoms with Gasteiger partial charge in [-0.15, -0.1) is 0 Å². The molecule has 0 aromatic rings. The Morgan fingerprint density at radius 2 is 1.53 bits per heavy atom. The van der Waals surface area contributed by atoms with Crippen molar-refractivity contribution >= 4 is 0 Å². The second-order valence-corrected chi connectivity index (χ2v) is 4.40. The van der Waals surface area contributed by atoms with Gasteiger partial charge in [-0.2, -0.15) is 0 Å². The first-order valence-electron chi connectivity index (χ1n) is 6.25. The van der Waals surface area contributed by atoms with Crippen LogP contribution in [0.5, 0.6) is 0 Å². The van der Waals surface area contributed by atoms with Crippen molar-refractivity contribution in [2.75, 3.05) is 13.2 Å². The molecule has 1 aliphatic rings. The summed E-state index contributed by atoms with van der Waals surface area (Å²) < 4.78 is 5.48. The van der Waals surface area contributed by atoms with Crippen molar-refractivity contribution in [2.24, 2.45) is 0 Å². The zero-order valence-corrected chi connectivity index (χ0v) is 9.53. The van der Waals surface area contributed by atoms with Crippen LogP contribution < -0.4 is 0 Å². The van der Waals surface area contributed by atoms with Crippen molar-refractivity contribution < 1.29 is 14.9 Å². The van der Waals surface area contributed by atoms with E-state index in [4.69, 9.17) is 9.84 Å². The van der Waals surface area contributed by atoms with Crippen LogP contribution in [0.1, 0.15) is 51.4 Å². The van der Waals surface area contributed by atoms with E-state index < -0.39 is 0 Å². The first-order valence-corrected chi connectivity index (χ1v) is 6.25. The van der Waals surface area contributed by atoms with E-state index in [9.17, 15) is 5.11 Å². The molecule has 3 nitrogen and oxygen atoms in total. The van der Waals surface area contributed by atoms with Gasteiger partial charge in [0.1, 0.15) is 0 Å². The molecule has 2 N–H and O–H groups in total. The molecule has 0 aromatic heterocycles. The number of aliphatic hydroxyl groups excluding tert-OH is 2. The van der Waals surface area contributed by atoms with Gasteiger partial charge in [-0.05, 0) is 12.8 Å². The fourth-order valence-corrected chi connectivity index (χ4v) is 2.18. The topological polar surface area (TPSA) is 49.7 Å². The summed E-state index contributed by atoms with van der Waals surface area (Å²) in [4.78, 5) is 0. The lowest BCUT2D eigenvalue weighted by Crippen LogP contribution is -2.30. The molecule has 2 atom stereocenters. The van der Waals surface area contributed by atoms with Gasteiger partial charge in [0.05, 0.1) is 25.4 Å². The van der Waals surface area contributed by atoms with E-state index in [2.05, 4.69) is 0 Å². The molecule has 0 amide bonds. The van der Waals surface area contributed by atoms with Gasteiger partial charge < -0.3 is 14.9 Å². The standard InChI is InChI=1S/C12H24O3/c13-9-10-15-12-8-6-4-2-1-3-5-7-11(12)14/h11-14H,1-10H2. The summed E-state index contributed by atoms with van der Waals surface area (Å²) in [5.41, 5.74) is 0. The molecular weight excluding hydrogens is 192 g/mol. The molecule has 1 aliphatic carbocycles. The van der Waals surface area contributed by atoms with E-state index in [1.807, 2.05) is 0 Å². The molecule has 15 heavy (non-hydrogen) atoms. The van der Waals surface area contributed by atoms with Crippen LogP contribution in [-0.2, 0) is 4.74 Å². The lowest BCUT2D eigenvalue weighted by atomic mass is 9.97. The molecule has 0 aromatic carbocycles. The molecule has 0 bridgehead atoms. The highest BCUT2D eigenvalue weighted by Crippen LogP contribution is 2.19. The minimum atomic E-state index is -0.338. The lowest BCUT2D eigenvalue weighted by Gasteiger charge is -2.24. The third-order valence-electron chi connectivity index (χ3n) is 3.09. The molecule has 1 rings (SSSR count). The van der Waals surface area contributed by atoms with Crippen LogP contribution in [0.3, 0.4) is 0 Å². The zero-order chi connectivity index (χ0) is 10.9. The maximum Gasteiger partial charge on any atom is 0.0835 e. The van der Waals surface area contributed by atoms with Gasteiger partial charge in [0.25, 0.3) is 0 Å². The third kappa shape index (κ3) is 5.50. The second kappa shape index (κ2) is 8.08. The first kappa shape index (κ1) is 12.9. The van der Waals surface area contributed by atoms with E-state index in [0.717, 1.165) is 25.7 Å². The summed E-state index contributed by atoms with van der Waals surface area (Å²) in [5, 5.41) is 18.6. The monoisotopic (exact) mass is 216 g/mol. The molecule has 0 heterocycles. The van der Waals surface area contributed by atoms with Gasteiger partial charge in [-0.3, -0.25) is 0 Å². The summed E-state index contributed by atoms with van der Waals surface area (Å²) in [6.07, 6.45) is 8.68. The predicted molar refractivity (Wildman–Crippen MR) is 59.8 cm³/mol. The molecule has 3 heteroatoms. The van der Waals surface area contributed by atoms with Gasteiger partial charge >= 0.3 is 0 Å². The highest BCUT2D eigenvalue weighted by atomic mass is 16.5. The third-order valence-corrected chi connectivity index (χ3v) is 3.09. The molecule has 1 fully saturated rings. The second-order valence-electron chi connectivity index (χ2n) is 4.40. The Morgan fingerprint density at radius 1 is 0.933 bits per heavy atom.